The zero-order chi connectivity index (χ0) is 13.0. The van der Waals surface area contributed by atoms with Crippen molar-refractivity contribution in [2.45, 2.75) is 20.0 Å². The van der Waals surface area contributed by atoms with Gasteiger partial charge in [0.1, 0.15) is 5.82 Å². The average Bonchev–Trinajstić information content (AvgIpc) is 2.59. The van der Waals surface area contributed by atoms with E-state index in [1.165, 1.54) is 0 Å². The van der Waals surface area contributed by atoms with Crippen molar-refractivity contribution in [1.82, 2.24) is 15.1 Å². The first kappa shape index (κ1) is 13.5. The topological polar surface area (TPSA) is 70.4 Å². The van der Waals surface area contributed by atoms with Crippen LogP contribution in [0.15, 0.2) is 0 Å². The maximum Gasteiger partial charge on any atom is 0.221 e. The van der Waals surface area contributed by atoms with Crippen molar-refractivity contribution in [1.29, 1.82) is 0 Å². The van der Waals surface area contributed by atoms with E-state index in [2.05, 4.69) is 10.4 Å². The molecule has 1 aromatic heterocycles. The number of carbonyl (C=O) groups is 1. The molecule has 0 spiro atoms. The fraction of sp³-hybridized carbons (Fsp3) is 0.636. The number of anilines is 1. The maximum absolute atomic E-state index is 11.2. The van der Waals surface area contributed by atoms with Crippen LogP contribution in [0.4, 0.5) is 5.82 Å². The van der Waals surface area contributed by atoms with Gasteiger partial charge in [0.05, 0.1) is 12.3 Å². The number of aryl methyl sites for hydroxylation is 2. The molecule has 1 aromatic rings. The van der Waals surface area contributed by atoms with E-state index in [-0.39, 0.29) is 12.5 Å². The monoisotopic (exact) mass is 240 g/mol. The molecule has 6 nitrogen and oxygen atoms in total. The summed E-state index contributed by atoms with van der Waals surface area (Å²) in [5.41, 5.74) is 1.63. The molecule has 1 amide bonds. The van der Waals surface area contributed by atoms with Crippen LogP contribution >= 0.6 is 0 Å². The van der Waals surface area contributed by atoms with E-state index in [1.807, 2.05) is 25.9 Å². The lowest BCUT2D eigenvalue weighted by molar-refractivity contribution is -0.120. The average molecular weight is 240 g/mol. The molecule has 0 unspecified atom stereocenters. The van der Waals surface area contributed by atoms with Crippen molar-refractivity contribution in [2.75, 3.05) is 25.5 Å². The second kappa shape index (κ2) is 5.67. The molecule has 0 radical (unpaired) electrons. The zero-order valence-electron chi connectivity index (χ0n) is 10.8. The number of nitrogens with zero attached hydrogens (tertiary/aromatic N) is 3. The van der Waals surface area contributed by atoms with Gasteiger partial charge in [-0.3, -0.25) is 9.48 Å². The Morgan fingerprint density at radius 3 is 2.76 bits per heavy atom. The molecule has 96 valence electrons. The van der Waals surface area contributed by atoms with Crippen LogP contribution in [-0.2, 0) is 18.4 Å². The summed E-state index contributed by atoms with van der Waals surface area (Å²) in [7, 11) is 5.34. The van der Waals surface area contributed by atoms with E-state index in [0.717, 1.165) is 17.1 Å². The number of amides is 1. The third-order valence-electron chi connectivity index (χ3n) is 2.79. The summed E-state index contributed by atoms with van der Waals surface area (Å²) < 4.78 is 1.73. The molecule has 0 atom stereocenters. The lowest BCUT2D eigenvalue weighted by atomic mass is 10.2. The molecule has 1 rings (SSSR count). The highest BCUT2D eigenvalue weighted by molar-refractivity contribution is 5.76. The Morgan fingerprint density at radius 1 is 1.59 bits per heavy atom. The Hall–Kier alpha value is -1.56. The van der Waals surface area contributed by atoms with E-state index in [4.69, 9.17) is 0 Å². The Morgan fingerprint density at radius 2 is 2.24 bits per heavy atom. The number of hydrogen-bond donors (Lipinski definition) is 2. The van der Waals surface area contributed by atoms with Crippen LogP contribution in [-0.4, -0.2) is 41.4 Å². The van der Waals surface area contributed by atoms with E-state index < -0.39 is 0 Å². The van der Waals surface area contributed by atoms with Crippen LogP contribution in [0.1, 0.15) is 17.7 Å². The minimum Gasteiger partial charge on any atom is -0.391 e. The van der Waals surface area contributed by atoms with Crippen LogP contribution in [0.3, 0.4) is 0 Å². The number of aromatic nitrogens is 2. The molecule has 2 N–H and O–H groups in total. The lowest BCUT2D eigenvalue weighted by Gasteiger charge is -2.20. The number of hydrogen-bond acceptors (Lipinski definition) is 4. The van der Waals surface area contributed by atoms with Crippen molar-refractivity contribution < 1.29 is 9.90 Å². The fourth-order valence-electron chi connectivity index (χ4n) is 1.85. The normalized spacial score (nSPS) is 10.4. The van der Waals surface area contributed by atoms with Gasteiger partial charge in [0.15, 0.2) is 0 Å². The summed E-state index contributed by atoms with van der Waals surface area (Å²) in [5.74, 6) is 0.857. The number of aliphatic hydroxyl groups excluding tert-OH is 1. The van der Waals surface area contributed by atoms with Gasteiger partial charge in [-0.25, -0.2) is 0 Å². The second-order valence-corrected chi connectivity index (χ2v) is 4.01. The van der Waals surface area contributed by atoms with Gasteiger partial charge in [0, 0.05) is 39.7 Å². The molecule has 0 aromatic carbocycles. The second-order valence-electron chi connectivity index (χ2n) is 4.01. The van der Waals surface area contributed by atoms with Crippen molar-refractivity contribution in [2.24, 2.45) is 7.05 Å². The third kappa shape index (κ3) is 2.97. The first-order valence-electron chi connectivity index (χ1n) is 5.56. The van der Waals surface area contributed by atoms with Gasteiger partial charge in [-0.15, -0.1) is 0 Å². The standard InChI is InChI=1S/C11H20N4O2/c1-8-9(7-16)11(15(4)13-8)14(3)6-5-10(17)12-2/h16H,5-7H2,1-4H3,(H,12,17). The molecule has 0 aliphatic carbocycles. The molecule has 6 heteroatoms. The number of carbonyl (C=O) groups excluding carboxylic acids is 1. The highest BCUT2D eigenvalue weighted by atomic mass is 16.3. The molecule has 0 saturated carbocycles. The molecule has 0 saturated heterocycles. The van der Waals surface area contributed by atoms with E-state index in [1.54, 1.807) is 11.7 Å². The van der Waals surface area contributed by atoms with E-state index >= 15 is 0 Å². The SMILES string of the molecule is CNC(=O)CCN(C)c1c(CO)c(C)nn1C. The van der Waals surface area contributed by atoms with Gasteiger partial charge in [0.2, 0.25) is 5.91 Å². The minimum absolute atomic E-state index is 0.00119. The van der Waals surface area contributed by atoms with Gasteiger partial charge >= 0.3 is 0 Å². The molecular formula is C11H20N4O2. The number of rotatable bonds is 5. The molecule has 0 aliphatic rings. The highest BCUT2D eigenvalue weighted by Crippen LogP contribution is 2.22. The fourth-order valence-corrected chi connectivity index (χ4v) is 1.85. The predicted octanol–water partition coefficient (Wildman–Crippen LogP) is -0.207. The molecule has 1 heterocycles. The predicted molar refractivity (Wildman–Crippen MR) is 65.8 cm³/mol. The molecule has 0 fully saturated rings. The van der Waals surface area contributed by atoms with Crippen LogP contribution < -0.4 is 10.2 Å². The van der Waals surface area contributed by atoms with E-state index in [0.29, 0.717) is 13.0 Å². The first-order chi connectivity index (χ1) is 8.01. The van der Waals surface area contributed by atoms with Crippen LogP contribution in [0.25, 0.3) is 0 Å². The molecule has 17 heavy (non-hydrogen) atoms. The lowest BCUT2D eigenvalue weighted by Crippen LogP contribution is -2.28. The van der Waals surface area contributed by atoms with E-state index in [9.17, 15) is 9.90 Å². The number of nitrogens with one attached hydrogen (secondary N) is 1. The zero-order valence-corrected chi connectivity index (χ0v) is 10.8. The van der Waals surface area contributed by atoms with Gasteiger partial charge in [-0.1, -0.05) is 0 Å². The summed E-state index contributed by atoms with van der Waals surface area (Å²) in [6.45, 7) is 2.41. The van der Waals surface area contributed by atoms with Crippen molar-refractivity contribution in [3.8, 4) is 0 Å². The summed E-state index contributed by atoms with van der Waals surface area (Å²) >= 11 is 0. The Labute approximate surface area is 101 Å². The summed E-state index contributed by atoms with van der Waals surface area (Å²) in [5, 5.41) is 16.2. The highest BCUT2D eigenvalue weighted by Gasteiger charge is 2.16. The van der Waals surface area contributed by atoms with Gasteiger partial charge in [-0.2, -0.15) is 5.10 Å². The van der Waals surface area contributed by atoms with Crippen molar-refractivity contribution in [3.05, 3.63) is 11.3 Å². The van der Waals surface area contributed by atoms with Gasteiger partial charge < -0.3 is 15.3 Å². The largest absolute Gasteiger partial charge is 0.391 e. The molecular weight excluding hydrogens is 220 g/mol. The van der Waals surface area contributed by atoms with Crippen LogP contribution in [0, 0.1) is 6.92 Å². The molecule has 0 bridgehead atoms. The summed E-state index contributed by atoms with van der Waals surface area (Å²) in [4.78, 5) is 13.1. The Bertz CT molecular complexity index is 400. The van der Waals surface area contributed by atoms with Gasteiger partial charge in [-0.05, 0) is 6.92 Å². The number of aliphatic hydroxyl groups is 1. The van der Waals surface area contributed by atoms with Gasteiger partial charge in [0.25, 0.3) is 0 Å². The Balaban J connectivity index is 2.81. The van der Waals surface area contributed by atoms with Crippen LogP contribution in [0.5, 0.6) is 0 Å². The van der Waals surface area contributed by atoms with Crippen molar-refractivity contribution >= 4 is 11.7 Å². The van der Waals surface area contributed by atoms with Crippen molar-refractivity contribution in [3.63, 3.8) is 0 Å². The summed E-state index contributed by atoms with van der Waals surface area (Å²) in [6, 6.07) is 0. The third-order valence-corrected chi connectivity index (χ3v) is 2.79. The maximum atomic E-state index is 11.2. The first-order valence-corrected chi connectivity index (χ1v) is 5.56. The van der Waals surface area contributed by atoms with Crippen LogP contribution in [0.2, 0.25) is 0 Å². The smallest absolute Gasteiger partial charge is 0.221 e. The Kier molecular flexibility index (Phi) is 4.51. The summed E-state index contributed by atoms with van der Waals surface area (Å²) in [6.07, 6.45) is 0.419. The quantitative estimate of drug-likeness (QED) is 0.747. The molecule has 0 aliphatic heterocycles. The minimum atomic E-state index is -0.0423.